The SMILES string of the molecule is O=C1/C(=C/c2cccc(Br)c2)S/C(=N\N=C\c2cc(Br)ccc2O)N1Cc1ccco1. The van der Waals surface area contributed by atoms with Crippen LogP contribution >= 0.6 is 43.6 Å². The Hall–Kier alpha value is -2.62. The lowest BCUT2D eigenvalue weighted by molar-refractivity contribution is -0.122. The molecule has 31 heavy (non-hydrogen) atoms. The smallest absolute Gasteiger partial charge is 0.267 e. The van der Waals surface area contributed by atoms with Crippen LogP contribution in [0.5, 0.6) is 5.75 Å². The third kappa shape index (κ3) is 5.36. The second-order valence-electron chi connectivity index (χ2n) is 6.47. The number of rotatable bonds is 5. The molecule has 4 rings (SSSR count). The molecule has 0 saturated carbocycles. The van der Waals surface area contributed by atoms with E-state index in [0.29, 0.717) is 21.4 Å². The molecule has 1 aliphatic heterocycles. The molecule has 9 heteroatoms. The standard InChI is InChI=1S/C22H15Br2N3O3S/c23-16-4-1-3-14(9-16)10-20-21(29)27(13-18-5-2-8-30-18)22(31-20)26-25-12-15-11-17(24)6-7-19(15)28/h1-12,28H,13H2/b20-10-,25-12+,26-22-. The second-order valence-corrected chi connectivity index (χ2v) is 9.31. The van der Waals surface area contributed by atoms with Crippen LogP contribution in [0, 0.1) is 0 Å². The summed E-state index contributed by atoms with van der Waals surface area (Å²) in [5, 5.41) is 18.7. The van der Waals surface area contributed by atoms with Crippen molar-refractivity contribution in [1.29, 1.82) is 0 Å². The minimum Gasteiger partial charge on any atom is -0.507 e. The average molecular weight is 561 g/mol. The monoisotopic (exact) mass is 559 g/mol. The summed E-state index contributed by atoms with van der Waals surface area (Å²) < 4.78 is 7.14. The number of furan rings is 1. The Morgan fingerprint density at radius 1 is 1.10 bits per heavy atom. The van der Waals surface area contributed by atoms with Crippen molar-refractivity contribution in [2.24, 2.45) is 10.2 Å². The van der Waals surface area contributed by atoms with Crippen molar-refractivity contribution < 1.29 is 14.3 Å². The number of thioether (sulfide) groups is 1. The fourth-order valence-electron chi connectivity index (χ4n) is 2.80. The number of carbonyl (C=O) groups excluding carboxylic acids is 1. The Morgan fingerprint density at radius 2 is 1.94 bits per heavy atom. The fourth-order valence-corrected chi connectivity index (χ4v) is 4.53. The summed E-state index contributed by atoms with van der Waals surface area (Å²) in [6.07, 6.45) is 4.82. The lowest BCUT2D eigenvalue weighted by atomic mass is 10.2. The molecule has 156 valence electrons. The van der Waals surface area contributed by atoms with Gasteiger partial charge < -0.3 is 9.52 Å². The van der Waals surface area contributed by atoms with Crippen LogP contribution in [0.3, 0.4) is 0 Å². The molecule has 0 spiro atoms. The first-order valence-corrected chi connectivity index (χ1v) is 11.5. The van der Waals surface area contributed by atoms with Gasteiger partial charge >= 0.3 is 0 Å². The first kappa shape index (κ1) is 21.6. The highest BCUT2D eigenvalue weighted by molar-refractivity contribution is 9.10. The van der Waals surface area contributed by atoms with E-state index in [1.807, 2.05) is 30.3 Å². The van der Waals surface area contributed by atoms with Gasteiger partial charge in [0.05, 0.1) is 23.9 Å². The van der Waals surface area contributed by atoms with Crippen LogP contribution < -0.4 is 0 Å². The highest BCUT2D eigenvalue weighted by Gasteiger charge is 2.34. The summed E-state index contributed by atoms with van der Waals surface area (Å²) in [6.45, 7) is 0.241. The van der Waals surface area contributed by atoms with Gasteiger partial charge in [-0.2, -0.15) is 5.10 Å². The average Bonchev–Trinajstić information content (AvgIpc) is 3.35. The Labute approximate surface area is 199 Å². The van der Waals surface area contributed by atoms with Gasteiger partial charge in [0.2, 0.25) is 0 Å². The number of amidine groups is 1. The lowest BCUT2D eigenvalue weighted by Gasteiger charge is -2.12. The van der Waals surface area contributed by atoms with E-state index in [-0.39, 0.29) is 18.2 Å². The molecule has 6 nitrogen and oxygen atoms in total. The van der Waals surface area contributed by atoms with Crippen LogP contribution in [0.15, 0.2) is 89.3 Å². The third-order valence-electron chi connectivity index (χ3n) is 4.26. The number of aromatic hydroxyl groups is 1. The molecule has 1 aliphatic rings. The maximum absolute atomic E-state index is 13.1. The molecule has 0 aliphatic carbocycles. The molecule has 0 unspecified atom stereocenters. The first-order valence-electron chi connectivity index (χ1n) is 9.08. The van der Waals surface area contributed by atoms with Crippen LogP contribution in [0.25, 0.3) is 6.08 Å². The number of hydrogen-bond donors (Lipinski definition) is 1. The Bertz CT molecular complexity index is 1210. The molecule has 0 atom stereocenters. The number of phenolic OH excluding ortho intramolecular Hbond substituents is 1. The van der Waals surface area contributed by atoms with Crippen LogP contribution in [-0.4, -0.2) is 27.3 Å². The van der Waals surface area contributed by atoms with E-state index in [2.05, 4.69) is 42.1 Å². The summed E-state index contributed by atoms with van der Waals surface area (Å²) >= 11 is 8.05. The minimum atomic E-state index is -0.180. The van der Waals surface area contributed by atoms with Crippen molar-refractivity contribution in [3.05, 3.63) is 91.6 Å². The van der Waals surface area contributed by atoms with Crippen molar-refractivity contribution in [2.75, 3.05) is 0 Å². The van der Waals surface area contributed by atoms with Gasteiger partial charge in [-0.25, -0.2) is 0 Å². The van der Waals surface area contributed by atoms with E-state index in [0.717, 1.165) is 14.5 Å². The molecular formula is C22H15Br2N3O3S. The molecule has 1 amide bonds. The van der Waals surface area contributed by atoms with Crippen molar-refractivity contribution >= 4 is 67.0 Å². The Kier molecular flexibility index (Phi) is 6.74. The molecular weight excluding hydrogens is 546 g/mol. The zero-order valence-electron chi connectivity index (χ0n) is 15.9. The van der Waals surface area contributed by atoms with Crippen molar-refractivity contribution in [3.63, 3.8) is 0 Å². The van der Waals surface area contributed by atoms with E-state index in [9.17, 15) is 9.90 Å². The molecule has 1 fully saturated rings. The van der Waals surface area contributed by atoms with Gasteiger partial charge in [0.25, 0.3) is 5.91 Å². The Morgan fingerprint density at radius 3 is 2.71 bits per heavy atom. The molecule has 3 aromatic rings. The van der Waals surface area contributed by atoms with Gasteiger partial charge in [-0.05, 0) is 65.9 Å². The summed E-state index contributed by atoms with van der Waals surface area (Å²) in [5.41, 5.74) is 1.41. The maximum atomic E-state index is 13.1. The summed E-state index contributed by atoms with van der Waals surface area (Å²) in [5.74, 6) is 0.546. The van der Waals surface area contributed by atoms with Crippen LogP contribution in [-0.2, 0) is 11.3 Å². The van der Waals surface area contributed by atoms with E-state index in [4.69, 9.17) is 4.42 Å². The van der Waals surface area contributed by atoms with E-state index < -0.39 is 0 Å². The Balaban J connectivity index is 1.64. The molecule has 1 saturated heterocycles. The highest BCUT2D eigenvalue weighted by Crippen LogP contribution is 2.34. The predicted octanol–water partition coefficient (Wildman–Crippen LogP) is 6.02. The lowest BCUT2D eigenvalue weighted by Crippen LogP contribution is -2.28. The van der Waals surface area contributed by atoms with Crippen molar-refractivity contribution in [3.8, 4) is 5.75 Å². The number of benzene rings is 2. The van der Waals surface area contributed by atoms with Crippen LogP contribution in [0.2, 0.25) is 0 Å². The molecule has 0 radical (unpaired) electrons. The van der Waals surface area contributed by atoms with Gasteiger partial charge in [-0.15, -0.1) is 5.10 Å². The highest BCUT2D eigenvalue weighted by atomic mass is 79.9. The first-order chi connectivity index (χ1) is 15.0. The molecule has 2 heterocycles. The third-order valence-corrected chi connectivity index (χ3v) is 6.24. The normalized spacial score (nSPS) is 16.8. The number of nitrogens with zero attached hydrogens (tertiary/aromatic N) is 3. The van der Waals surface area contributed by atoms with Gasteiger partial charge in [-0.3, -0.25) is 9.69 Å². The van der Waals surface area contributed by atoms with Gasteiger partial charge in [-0.1, -0.05) is 44.0 Å². The number of halogens is 2. The minimum absolute atomic E-state index is 0.0879. The van der Waals surface area contributed by atoms with E-state index in [1.54, 1.807) is 36.6 Å². The number of carbonyl (C=O) groups is 1. The number of amides is 1. The zero-order chi connectivity index (χ0) is 21.8. The van der Waals surface area contributed by atoms with Crippen LogP contribution in [0.4, 0.5) is 0 Å². The van der Waals surface area contributed by atoms with Crippen LogP contribution in [0.1, 0.15) is 16.9 Å². The summed E-state index contributed by atoms with van der Waals surface area (Å²) in [6, 6.07) is 16.3. The molecule has 2 aromatic carbocycles. The van der Waals surface area contributed by atoms with Crippen molar-refractivity contribution in [2.45, 2.75) is 6.54 Å². The predicted molar refractivity (Wildman–Crippen MR) is 130 cm³/mol. The molecule has 0 bridgehead atoms. The second kappa shape index (κ2) is 9.67. The zero-order valence-corrected chi connectivity index (χ0v) is 19.9. The quantitative estimate of drug-likeness (QED) is 0.235. The largest absolute Gasteiger partial charge is 0.507 e. The number of phenols is 1. The molecule has 1 aromatic heterocycles. The van der Waals surface area contributed by atoms with Gasteiger partial charge in [0, 0.05) is 14.5 Å². The topological polar surface area (TPSA) is 78.4 Å². The summed E-state index contributed by atoms with van der Waals surface area (Å²) in [4.78, 5) is 15.1. The molecule has 1 N–H and O–H groups in total. The van der Waals surface area contributed by atoms with E-state index in [1.165, 1.54) is 22.9 Å². The maximum Gasteiger partial charge on any atom is 0.267 e. The van der Waals surface area contributed by atoms with E-state index >= 15 is 0 Å². The summed E-state index contributed by atoms with van der Waals surface area (Å²) in [7, 11) is 0. The van der Waals surface area contributed by atoms with Gasteiger partial charge in [0.15, 0.2) is 5.17 Å². The van der Waals surface area contributed by atoms with Crippen molar-refractivity contribution in [1.82, 2.24) is 4.90 Å². The fraction of sp³-hybridized carbons (Fsp3) is 0.0455. The number of hydrogen-bond acceptors (Lipinski definition) is 6. The van der Waals surface area contributed by atoms with Gasteiger partial charge in [0.1, 0.15) is 11.5 Å².